The predicted octanol–water partition coefficient (Wildman–Crippen LogP) is 4.88. The number of nitrogens with one attached hydrogen (secondary N) is 1. The lowest BCUT2D eigenvalue weighted by molar-refractivity contribution is 0.446. The SMILES string of the molecule is CC(C)(Cn1c(=S)[nH]c2ccc(F)cc21)c1cccs1. The molecule has 0 aliphatic heterocycles. The quantitative estimate of drug-likeness (QED) is 0.684. The van der Waals surface area contributed by atoms with Crippen LogP contribution in [0.15, 0.2) is 35.7 Å². The molecule has 1 N–H and O–H groups in total. The van der Waals surface area contributed by atoms with E-state index in [9.17, 15) is 4.39 Å². The van der Waals surface area contributed by atoms with Crippen LogP contribution < -0.4 is 0 Å². The summed E-state index contributed by atoms with van der Waals surface area (Å²) in [5.74, 6) is -0.242. The number of benzene rings is 1. The van der Waals surface area contributed by atoms with Crippen LogP contribution in [0.4, 0.5) is 4.39 Å². The van der Waals surface area contributed by atoms with Gasteiger partial charge >= 0.3 is 0 Å². The molecule has 2 nitrogen and oxygen atoms in total. The number of hydrogen-bond acceptors (Lipinski definition) is 2. The number of hydrogen-bond donors (Lipinski definition) is 1. The number of halogens is 1. The van der Waals surface area contributed by atoms with Gasteiger partial charge in [-0.1, -0.05) is 19.9 Å². The summed E-state index contributed by atoms with van der Waals surface area (Å²) < 4.78 is 16.1. The Morgan fingerprint density at radius 3 is 2.85 bits per heavy atom. The molecule has 0 unspecified atom stereocenters. The number of H-pyrrole nitrogens is 1. The molecule has 1 aromatic carbocycles. The van der Waals surface area contributed by atoms with Gasteiger partial charge in [-0.15, -0.1) is 11.3 Å². The largest absolute Gasteiger partial charge is 0.331 e. The standard InChI is InChI=1S/C15H15FN2S2/c1-15(2,13-4-3-7-20-13)9-18-12-8-10(16)5-6-11(12)17-14(18)19/h3-8H,9H2,1-2H3,(H,17,19). The van der Waals surface area contributed by atoms with Crippen LogP contribution >= 0.6 is 23.6 Å². The molecule has 0 aliphatic rings. The number of nitrogens with zero attached hydrogens (tertiary/aromatic N) is 1. The Morgan fingerprint density at radius 1 is 1.35 bits per heavy atom. The summed E-state index contributed by atoms with van der Waals surface area (Å²) >= 11 is 7.12. The molecule has 0 aliphatic carbocycles. The maximum Gasteiger partial charge on any atom is 0.178 e. The van der Waals surface area contributed by atoms with Gasteiger partial charge in [-0.25, -0.2) is 4.39 Å². The molecular weight excluding hydrogens is 291 g/mol. The van der Waals surface area contributed by atoms with Crippen molar-refractivity contribution in [2.45, 2.75) is 25.8 Å². The molecular formula is C15H15FN2S2. The van der Waals surface area contributed by atoms with Gasteiger partial charge in [0.2, 0.25) is 0 Å². The average Bonchev–Trinajstić information content (AvgIpc) is 3.00. The van der Waals surface area contributed by atoms with Gasteiger partial charge in [0.15, 0.2) is 4.77 Å². The molecule has 104 valence electrons. The van der Waals surface area contributed by atoms with Crippen molar-refractivity contribution in [1.29, 1.82) is 0 Å². The molecule has 0 saturated heterocycles. The first-order valence-electron chi connectivity index (χ1n) is 6.39. The molecule has 0 saturated carbocycles. The van der Waals surface area contributed by atoms with E-state index >= 15 is 0 Å². The number of aromatic amines is 1. The first kappa shape index (κ1) is 13.5. The van der Waals surface area contributed by atoms with Gasteiger partial charge in [0.25, 0.3) is 0 Å². The van der Waals surface area contributed by atoms with Gasteiger partial charge in [-0.3, -0.25) is 0 Å². The Hall–Kier alpha value is -1.46. The van der Waals surface area contributed by atoms with Crippen molar-refractivity contribution in [3.05, 3.63) is 51.2 Å². The van der Waals surface area contributed by atoms with Crippen molar-refractivity contribution < 1.29 is 4.39 Å². The molecule has 2 aromatic heterocycles. The lowest BCUT2D eigenvalue weighted by Gasteiger charge is -2.24. The van der Waals surface area contributed by atoms with E-state index in [-0.39, 0.29) is 11.2 Å². The van der Waals surface area contributed by atoms with Gasteiger partial charge in [0, 0.05) is 16.8 Å². The molecule has 0 spiro atoms. The average molecular weight is 306 g/mol. The summed E-state index contributed by atoms with van der Waals surface area (Å²) in [5.41, 5.74) is 1.64. The van der Waals surface area contributed by atoms with Gasteiger partial charge < -0.3 is 9.55 Å². The number of aromatic nitrogens is 2. The molecule has 0 bridgehead atoms. The molecule has 3 rings (SSSR count). The van der Waals surface area contributed by atoms with Crippen LogP contribution in [-0.2, 0) is 12.0 Å². The van der Waals surface area contributed by atoms with Gasteiger partial charge in [0.05, 0.1) is 11.0 Å². The van der Waals surface area contributed by atoms with Crippen LogP contribution in [0.5, 0.6) is 0 Å². The summed E-state index contributed by atoms with van der Waals surface area (Å²) in [4.78, 5) is 4.43. The fourth-order valence-electron chi connectivity index (χ4n) is 2.42. The molecule has 5 heteroatoms. The van der Waals surface area contributed by atoms with E-state index in [2.05, 4.69) is 36.3 Å². The number of rotatable bonds is 3. The lowest BCUT2D eigenvalue weighted by atomic mass is 9.91. The Labute approximate surface area is 125 Å². The highest BCUT2D eigenvalue weighted by atomic mass is 32.1. The third kappa shape index (κ3) is 2.31. The number of imidazole rings is 1. The number of thiophene rings is 1. The zero-order chi connectivity index (χ0) is 14.3. The van der Waals surface area contributed by atoms with Crippen LogP contribution in [0.25, 0.3) is 11.0 Å². The minimum absolute atomic E-state index is 0.0478. The van der Waals surface area contributed by atoms with Crippen LogP contribution in [0, 0.1) is 10.6 Å². The van der Waals surface area contributed by atoms with E-state index in [0.717, 1.165) is 17.6 Å². The first-order valence-corrected chi connectivity index (χ1v) is 7.68. The van der Waals surface area contributed by atoms with Crippen LogP contribution in [0.2, 0.25) is 0 Å². The molecule has 2 heterocycles. The lowest BCUT2D eigenvalue weighted by Crippen LogP contribution is -2.23. The van der Waals surface area contributed by atoms with E-state index in [0.29, 0.717) is 4.77 Å². The molecule has 0 radical (unpaired) electrons. The maximum absolute atomic E-state index is 13.5. The summed E-state index contributed by atoms with van der Waals surface area (Å²) in [6.07, 6.45) is 0. The monoisotopic (exact) mass is 306 g/mol. The molecule has 20 heavy (non-hydrogen) atoms. The van der Waals surface area contributed by atoms with E-state index in [1.165, 1.54) is 17.0 Å². The Morgan fingerprint density at radius 2 is 2.15 bits per heavy atom. The second-order valence-electron chi connectivity index (χ2n) is 5.54. The molecule has 0 atom stereocenters. The fourth-order valence-corrected chi connectivity index (χ4v) is 3.54. The minimum Gasteiger partial charge on any atom is -0.331 e. The molecule has 0 fully saturated rings. The summed E-state index contributed by atoms with van der Waals surface area (Å²) in [6.45, 7) is 5.08. The van der Waals surface area contributed by atoms with Gasteiger partial charge in [0.1, 0.15) is 5.82 Å². The van der Waals surface area contributed by atoms with Gasteiger partial charge in [-0.05, 0) is 41.9 Å². The van der Waals surface area contributed by atoms with Crippen molar-refractivity contribution in [2.75, 3.05) is 0 Å². The topological polar surface area (TPSA) is 20.7 Å². The van der Waals surface area contributed by atoms with E-state index in [1.807, 2.05) is 4.57 Å². The van der Waals surface area contributed by atoms with Crippen LogP contribution in [0.3, 0.4) is 0 Å². The van der Waals surface area contributed by atoms with E-state index < -0.39 is 0 Å². The minimum atomic E-state index is -0.242. The zero-order valence-corrected chi connectivity index (χ0v) is 12.9. The smallest absolute Gasteiger partial charge is 0.178 e. The van der Waals surface area contributed by atoms with Crippen molar-refractivity contribution >= 4 is 34.6 Å². The van der Waals surface area contributed by atoms with Gasteiger partial charge in [-0.2, -0.15) is 0 Å². The summed E-state index contributed by atoms with van der Waals surface area (Å²) in [5, 5.41) is 2.07. The third-order valence-corrected chi connectivity index (χ3v) is 5.04. The highest BCUT2D eigenvalue weighted by Gasteiger charge is 2.23. The Kier molecular flexibility index (Phi) is 3.26. The number of fused-ring (bicyclic) bond motifs is 1. The highest BCUT2D eigenvalue weighted by Crippen LogP contribution is 2.30. The van der Waals surface area contributed by atoms with E-state index in [4.69, 9.17) is 12.2 Å². The fraction of sp³-hybridized carbons (Fsp3) is 0.267. The molecule has 0 amide bonds. The summed E-state index contributed by atoms with van der Waals surface area (Å²) in [6, 6.07) is 8.89. The van der Waals surface area contributed by atoms with E-state index in [1.54, 1.807) is 17.4 Å². The first-order chi connectivity index (χ1) is 9.47. The predicted molar refractivity (Wildman–Crippen MR) is 84.4 cm³/mol. The van der Waals surface area contributed by atoms with Crippen LogP contribution in [-0.4, -0.2) is 9.55 Å². The normalized spacial score (nSPS) is 12.2. The highest BCUT2D eigenvalue weighted by molar-refractivity contribution is 7.71. The van der Waals surface area contributed by atoms with Crippen molar-refractivity contribution in [3.63, 3.8) is 0 Å². The third-order valence-electron chi connectivity index (χ3n) is 3.48. The molecule has 3 aromatic rings. The maximum atomic E-state index is 13.5. The Balaban J connectivity index is 2.09. The zero-order valence-electron chi connectivity index (χ0n) is 11.3. The van der Waals surface area contributed by atoms with Crippen LogP contribution in [0.1, 0.15) is 18.7 Å². The second kappa shape index (κ2) is 4.82. The van der Waals surface area contributed by atoms with Crippen molar-refractivity contribution in [1.82, 2.24) is 9.55 Å². The second-order valence-corrected chi connectivity index (χ2v) is 6.87. The summed E-state index contributed by atoms with van der Waals surface area (Å²) in [7, 11) is 0. The van der Waals surface area contributed by atoms with Crippen molar-refractivity contribution in [3.8, 4) is 0 Å². The Bertz CT molecular complexity index is 797. The van der Waals surface area contributed by atoms with Crippen molar-refractivity contribution in [2.24, 2.45) is 0 Å².